The zero-order valence-corrected chi connectivity index (χ0v) is 11.0. The van der Waals surface area contributed by atoms with Crippen molar-refractivity contribution in [1.29, 1.82) is 0 Å². The average molecular weight is 288 g/mol. The molecule has 19 heavy (non-hydrogen) atoms. The summed E-state index contributed by atoms with van der Waals surface area (Å²) in [5.74, 6) is -1.28. The molecule has 0 aliphatic rings. The van der Waals surface area contributed by atoms with Crippen molar-refractivity contribution in [2.75, 3.05) is 7.05 Å². The molecule has 1 rings (SSSR count). The van der Waals surface area contributed by atoms with Gasteiger partial charge in [0, 0.05) is 19.2 Å². The van der Waals surface area contributed by atoms with E-state index in [1.54, 1.807) is 0 Å². The van der Waals surface area contributed by atoms with Crippen LogP contribution < -0.4 is 0 Å². The number of carbonyl (C=O) groups is 1. The van der Waals surface area contributed by atoms with Crippen LogP contribution >= 0.6 is 0 Å². The van der Waals surface area contributed by atoms with Crippen LogP contribution in [0.5, 0.6) is 0 Å². The molecule has 0 aliphatic heterocycles. The first-order chi connectivity index (χ1) is 8.67. The number of hydrogen-bond donors (Lipinski definition) is 1. The number of rotatable bonds is 5. The molecule has 0 fully saturated rings. The fraction of sp³-hybridized carbons (Fsp3) is 0.300. The number of nitro groups is 1. The average Bonchev–Trinajstić information content (AvgIpc) is 2.36. The molecule has 8 nitrogen and oxygen atoms in total. The van der Waals surface area contributed by atoms with E-state index in [0.29, 0.717) is 4.31 Å². The predicted molar refractivity (Wildman–Crippen MR) is 65.1 cm³/mol. The van der Waals surface area contributed by atoms with Gasteiger partial charge in [0.25, 0.3) is 5.69 Å². The summed E-state index contributed by atoms with van der Waals surface area (Å²) in [7, 11) is -2.86. The summed E-state index contributed by atoms with van der Waals surface area (Å²) in [6.07, 6.45) is 0. The molecular formula is C10H12N2O6S. The number of likely N-dealkylation sites (N-methyl/N-ethyl adjacent to an activating group) is 1. The van der Waals surface area contributed by atoms with E-state index in [1.165, 1.54) is 6.92 Å². The third-order valence-corrected chi connectivity index (χ3v) is 4.57. The summed E-state index contributed by atoms with van der Waals surface area (Å²) in [5.41, 5.74) is -0.243. The maximum absolute atomic E-state index is 12.1. The Hall–Kier alpha value is -2.00. The van der Waals surface area contributed by atoms with Gasteiger partial charge in [-0.25, -0.2) is 8.42 Å². The number of sulfonamides is 1. The van der Waals surface area contributed by atoms with E-state index in [1.807, 2.05) is 0 Å². The highest BCUT2D eigenvalue weighted by Crippen LogP contribution is 2.20. The minimum atomic E-state index is -4.00. The molecule has 1 atom stereocenters. The van der Waals surface area contributed by atoms with Gasteiger partial charge in [0.1, 0.15) is 6.04 Å². The summed E-state index contributed by atoms with van der Waals surface area (Å²) >= 11 is 0. The second kappa shape index (κ2) is 5.33. The van der Waals surface area contributed by atoms with Gasteiger partial charge in [-0.1, -0.05) is 0 Å². The van der Waals surface area contributed by atoms with E-state index in [2.05, 4.69) is 0 Å². The molecule has 0 radical (unpaired) electrons. The van der Waals surface area contributed by atoms with E-state index >= 15 is 0 Å². The van der Waals surface area contributed by atoms with E-state index in [9.17, 15) is 23.3 Å². The van der Waals surface area contributed by atoms with Gasteiger partial charge in [-0.05, 0) is 19.1 Å². The smallest absolute Gasteiger partial charge is 0.321 e. The van der Waals surface area contributed by atoms with Crippen LogP contribution in [0.25, 0.3) is 0 Å². The van der Waals surface area contributed by atoms with Gasteiger partial charge in [-0.15, -0.1) is 0 Å². The number of benzene rings is 1. The minimum Gasteiger partial charge on any atom is -0.480 e. The number of nitro benzene ring substituents is 1. The SMILES string of the molecule is C[C@@H](C(=O)O)N(C)S(=O)(=O)c1ccc([N+](=O)[O-])cc1. The number of non-ortho nitro benzene ring substituents is 1. The van der Waals surface area contributed by atoms with Crippen molar-refractivity contribution >= 4 is 21.7 Å². The maximum atomic E-state index is 12.1. The molecule has 0 spiro atoms. The van der Waals surface area contributed by atoms with Crippen LogP contribution in [-0.4, -0.2) is 41.8 Å². The van der Waals surface area contributed by atoms with Crippen LogP contribution in [0.15, 0.2) is 29.2 Å². The second-order valence-electron chi connectivity index (χ2n) is 3.79. The van der Waals surface area contributed by atoms with Crippen molar-refractivity contribution in [3.05, 3.63) is 34.4 Å². The van der Waals surface area contributed by atoms with Gasteiger partial charge in [-0.2, -0.15) is 4.31 Å². The fourth-order valence-electron chi connectivity index (χ4n) is 1.27. The third-order valence-electron chi connectivity index (χ3n) is 2.63. The molecule has 0 aliphatic carbocycles. The Morgan fingerprint density at radius 2 is 1.84 bits per heavy atom. The molecule has 1 aromatic rings. The van der Waals surface area contributed by atoms with Crippen LogP contribution in [0.4, 0.5) is 5.69 Å². The summed E-state index contributed by atoms with van der Waals surface area (Å²) < 4.78 is 24.8. The Morgan fingerprint density at radius 3 is 2.21 bits per heavy atom. The Kier molecular flexibility index (Phi) is 4.22. The first-order valence-electron chi connectivity index (χ1n) is 5.13. The van der Waals surface area contributed by atoms with E-state index in [0.717, 1.165) is 31.3 Å². The molecule has 1 aromatic carbocycles. The van der Waals surface area contributed by atoms with Crippen LogP contribution in [-0.2, 0) is 14.8 Å². The lowest BCUT2D eigenvalue weighted by molar-refractivity contribution is -0.384. The van der Waals surface area contributed by atoms with Crippen LogP contribution in [0, 0.1) is 10.1 Å². The van der Waals surface area contributed by atoms with Gasteiger partial charge in [-0.3, -0.25) is 14.9 Å². The summed E-state index contributed by atoms with van der Waals surface area (Å²) in [5, 5.41) is 19.2. The lowest BCUT2D eigenvalue weighted by Gasteiger charge is -2.20. The van der Waals surface area contributed by atoms with E-state index in [4.69, 9.17) is 5.11 Å². The van der Waals surface area contributed by atoms with Gasteiger partial charge >= 0.3 is 5.97 Å². The normalized spacial score (nSPS) is 13.2. The zero-order chi connectivity index (χ0) is 14.8. The Morgan fingerprint density at radius 1 is 1.37 bits per heavy atom. The Balaban J connectivity index is 3.13. The maximum Gasteiger partial charge on any atom is 0.321 e. The highest BCUT2D eigenvalue weighted by molar-refractivity contribution is 7.89. The molecule has 0 saturated carbocycles. The van der Waals surface area contributed by atoms with Crippen molar-refractivity contribution in [3.63, 3.8) is 0 Å². The molecule has 1 N–H and O–H groups in total. The molecule has 9 heteroatoms. The van der Waals surface area contributed by atoms with E-state index < -0.39 is 27.0 Å². The largest absolute Gasteiger partial charge is 0.480 e. The van der Waals surface area contributed by atoms with Crippen LogP contribution in [0.3, 0.4) is 0 Å². The lowest BCUT2D eigenvalue weighted by Crippen LogP contribution is -2.40. The van der Waals surface area contributed by atoms with Crippen molar-refractivity contribution < 1.29 is 23.2 Å². The Labute approximate surface area is 109 Å². The van der Waals surface area contributed by atoms with E-state index in [-0.39, 0.29) is 10.6 Å². The highest BCUT2D eigenvalue weighted by Gasteiger charge is 2.29. The first-order valence-corrected chi connectivity index (χ1v) is 6.57. The molecule has 0 saturated heterocycles. The molecule has 0 unspecified atom stereocenters. The standard InChI is InChI=1S/C10H12N2O6S/c1-7(10(13)14)11(2)19(17,18)9-5-3-8(4-6-9)12(15)16/h3-7H,1-2H3,(H,13,14)/t7-/m0/s1. The third kappa shape index (κ3) is 3.06. The predicted octanol–water partition coefficient (Wildman–Crippen LogP) is 0.688. The molecule has 0 aromatic heterocycles. The summed E-state index contributed by atoms with van der Waals surface area (Å²) in [4.78, 5) is 20.4. The van der Waals surface area contributed by atoms with Crippen LogP contribution in [0.2, 0.25) is 0 Å². The number of nitrogens with zero attached hydrogens (tertiary/aromatic N) is 2. The van der Waals surface area contributed by atoms with Gasteiger partial charge < -0.3 is 5.11 Å². The number of hydrogen-bond acceptors (Lipinski definition) is 5. The number of aliphatic carboxylic acids is 1. The fourth-order valence-corrected chi connectivity index (χ4v) is 2.59. The second-order valence-corrected chi connectivity index (χ2v) is 5.78. The summed E-state index contributed by atoms with van der Waals surface area (Å²) in [6.45, 7) is 1.23. The monoisotopic (exact) mass is 288 g/mol. The minimum absolute atomic E-state index is 0.200. The number of carboxylic acid groups (broad SMARTS) is 1. The van der Waals surface area contributed by atoms with Crippen molar-refractivity contribution in [1.82, 2.24) is 4.31 Å². The van der Waals surface area contributed by atoms with Crippen LogP contribution in [0.1, 0.15) is 6.92 Å². The van der Waals surface area contributed by atoms with Crippen molar-refractivity contribution in [3.8, 4) is 0 Å². The number of carboxylic acids is 1. The van der Waals surface area contributed by atoms with Crippen molar-refractivity contribution in [2.24, 2.45) is 0 Å². The first kappa shape index (κ1) is 15.1. The topological polar surface area (TPSA) is 118 Å². The molecular weight excluding hydrogens is 276 g/mol. The Bertz CT molecular complexity index is 595. The highest BCUT2D eigenvalue weighted by atomic mass is 32.2. The van der Waals surface area contributed by atoms with Gasteiger partial charge in [0.05, 0.1) is 9.82 Å². The summed E-state index contributed by atoms with van der Waals surface area (Å²) in [6, 6.07) is 3.00. The molecule has 104 valence electrons. The zero-order valence-electron chi connectivity index (χ0n) is 10.2. The molecule has 0 heterocycles. The van der Waals surface area contributed by atoms with Gasteiger partial charge in [0.15, 0.2) is 0 Å². The van der Waals surface area contributed by atoms with Crippen molar-refractivity contribution in [2.45, 2.75) is 17.9 Å². The molecule has 0 amide bonds. The lowest BCUT2D eigenvalue weighted by atomic mass is 10.3. The molecule has 0 bridgehead atoms. The van der Waals surface area contributed by atoms with Gasteiger partial charge in [0.2, 0.25) is 10.0 Å². The quantitative estimate of drug-likeness (QED) is 0.629.